The summed E-state index contributed by atoms with van der Waals surface area (Å²) in [6.45, 7) is 4.20. The molecule has 1 aliphatic heterocycles. The molecule has 1 rings (SSSR count). The summed E-state index contributed by atoms with van der Waals surface area (Å²) in [6.07, 6.45) is 1.14. The maximum Gasteiger partial charge on any atom is 0.0471 e. The Kier molecular flexibility index (Phi) is 3.12. The van der Waals surface area contributed by atoms with E-state index < -0.39 is 0 Å². The third kappa shape index (κ3) is 1.94. The number of nitrogens with zero attached hydrogens (tertiary/aromatic N) is 1. The van der Waals surface area contributed by atoms with Gasteiger partial charge in [-0.2, -0.15) is 0 Å². The van der Waals surface area contributed by atoms with E-state index in [0.29, 0.717) is 12.5 Å². The molecular formula is C7H16N2O. The van der Waals surface area contributed by atoms with Crippen LogP contribution in [0.1, 0.15) is 6.42 Å². The van der Waals surface area contributed by atoms with Crippen LogP contribution in [0.15, 0.2) is 0 Å². The van der Waals surface area contributed by atoms with Crippen molar-refractivity contribution in [2.45, 2.75) is 6.42 Å². The summed E-state index contributed by atoms with van der Waals surface area (Å²) in [5.41, 5.74) is 5.39. The topological polar surface area (TPSA) is 49.5 Å². The third-order valence-corrected chi connectivity index (χ3v) is 2.07. The van der Waals surface area contributed by atoms with Crippen molar-refractivity contribution >= 4 is 0 Å². The second-order valence-electron chi connectivity index (χ2n) is 2.93. The molecule has 60 valence electrons. The van der Waals surface area contributed by atoms with Crippen molar-refractivity contribution in [1.29, 1.82) is 0 Å². The van der Waals surface area contributed by atoms with Gasteiger partial charge in [0.2, 0.25) is 0 Å². The van der Waals surface area contributed by atoms with Gasteiger partial charge in [-0.05, 0) is 18.9 Å². The second kappa shape index (κ2) is 3.91. The molecular weight excluding hydrogens is 128 g/mol. The molecule has 3 heteroatoms. The number of hydrogen-bond acceptors (Lipinski definition) is 3. The van der Waals surface area contributed by atoms with E-state index >= 15 is 0 Å². The van der Waals surface area contributed by atoms with Gasteiger partial charge in [0.15, 0.2) is 0 Å². The molecule has 1 fully saturated rings. The number of likely N-dealkylation sites (tertiary alicyclic amines) is 1. The van der Waals surface area contributed by atoms with Crippen LogP contribution >= 0.6 is 0 Å². The number of rotatable bonds is 3. The number of aliphatic hydroxyl groups is 1. The Morgan fingerprint density at radius 3 is 2.90 bits per heavy atom. The molecule has 0 aromatic carbocycles. The number of hydrogen-bond donors (Lipinski definition) is 2. The lowest BCUT2D eigenvalue weighted by Crippen LogP contribution is -2.27. The molecule has 0 spiro atoms. The van der Waals surface area contributed by atoms with Gasteiger partial charge < -0.3 is 15.7 Å². The van der Waals surface area contributed by atoms with Crippen LogP contribution in [-0.4, -0.2) is 42.8 Å². The first-order chi connectivity index (χ1) is 4.86. The number of nitrogens with two attached hydrogens (primary N) is 1. The van der Waals surface area contributed by atoms with Crippen LogP contribution in [0.25, 0.3) is 0 Å². The van der Waals surface area contributed by atoms with Gasteiger partial charge in [0.1, 0.15) is 0 Å². The molecule has 0 saturated carbocycles. The zero-order valence-corrected chi connectivity index (χ0v) is 6.29. The summed E-state index contributed by atoms with van der Waals surface area (Å²) < 4.78 is 0. The molecule has 10 heavy (non-hydrogen) atoms. The minimum absolute atomic E-state index is 0.334. The van der Waals surface area contributed by atoms with Crippen LogP contribution in [0.3, 0.4) is 0 Å². The molecule has 0 aromatic heterocycles. The fourth-order valence-corrected chi connectivity index (χ4v) is 1.45. The summed E-state index contributed by atoms with van der Waals surface area (Å²) in [4.78, 5) is 2.31. The van der Waals surface area contributed by atoms with E-state index in [-0.39, 0.29) is 0 Å². The standard InChI is InChI=1S/C7H16N2O/c8-2-4-9-3-1-7(5-9)6-10/h7,10H,1-6,8H2/t7-/m0/s1. The summed E-state index contributed by atoms with van der Waals surface area (Å²) in [7, 11) is 0. The Morgan fingerprint density at radius 1 is 1.60 bits per heavy atom. The lowest BCUT2D eigenvalue weighted by Gasteiger charge is -2.12. The lowest BCUT2D eigenvalue weighted by molar-refractivity contribution is 0.223. The molecule has 1 atom stereocenters. The molecule has 3 N–H and O–H groups in total. The Hall–Kier alpha value is -0.120. The van der Waals surface area contributed by atoms with Gasteiger partial charge in [0.05, 0.1) is 0 Å². The van der Waals surface area contributed by atoms with Crippen molar-refractivity contribution in [3.63, 3.8) is 0 Å². The van der Waals surface area contributed by atoms with Crippen LogP contribution < -0.4 is 5.73 Å². The predicted octanol–water partition coefficient (Wildman–Crippen LogP) is -0.741. The second-order valence-corrected chi connectivity index (χ2v) is 2.93. The SMILES string of the molecule is NCCN1CC[C@H](CO)C1. The average Bonchev–Trinajstić information content (AvgIpc) is 2.37. The van der Waals surface area contributed by atoms with Crippen LogP contribution in [0.4, 0.5) is 0 Å². The highest BCUT2D eigenvalue weighted by atomic mass is 16.3. The Balaban J connectivity index is 2.15. The Morgan fingerprint density at radius 2 is 2.40 bits per heavy atom. The Labute approximate surface area is 61.8 Å². The summed E-state index contributed by atoms with van der Waals surface area (Å²) in [5.74, 6) is 0.506. The maximum absolute atomic E-state index is 8.79. The van der Waals surface area contributed by atoms with Crippen molar-refractivity contribution in [2.24, 2.45) is 11.7 Å². The van der Waals surface area contributed by atoms with Gasteiger partial charge in [0.25, 0.3) is 0 Å². The minimum atomic E-state index is 0.334. The quantitative estimate of drug-likeness (QED) is 0.548. The van der Waals surface area contributed by atoms with E-state index in [1.807, 2.05) is 0 Å². The first-order valence-corrected chi connectivity index (χ1v) is 3.90. The highest BCUT2D eigenvalue weighted by Gasteiger charge is 2.20. The maximum atomic E-state index is 8.79. The molecule has 0 unspecified atom stereocenters. The van der Waals surface area contributed by atoms with Gasteiger partial charge >= 0.3 is 0 Å². The molecule has 0 aromatic rings. The minimum Gasteiger partial charge on any atom is -0.396 e. The molecule has 0 amide bonds. The van der Waals surface area contributed by atoms with Crippen molar-refractivity contribution in [3.05, 3.63) is 0 Å². The van der Waals surface area contributed by atoms with E-state index in [2.05, 4.69) is 4.90 Å². The van der Waals surface area contributed by atoms with E-state index in [9.17, 15) is 0 Å². The third-order valence-electron chi connectivity index (χ3n) is 2.07. The van der Waals surface area contributed by atoms with Crippen LogP contribution in [-0.2, 0) is 0 Å². The highest BCUT2D eigenvalue weighted by Crippen LogP contribution is 2.13. The van der Waals surface area contributed by atoms with Gasteiger partial charge in [-0.15, -0.1) is 0 Å². The fraction of sp³-hybridized carbons (Fsp3) is 1.00. The summed E-state index contributed by atoms with van der Waals surface area (Å²) in [6, 6.07) is 0. The van der Waals surface area contributed by atoms with E-state index in [1.165, 1.54) is 0 Å². The molecule has 0 radical (unpaired) electrons. The zero-order chi connectivity index (χ0) is 7.40. The Bertz CT molecular complexity index is 97.6. The molecule has 0 bridgehead atoms. The largest absolute Gasteiger partial charge is 0.396 e. The van der Waals surface area contributed by atoms with Crippen LogP contribution in [0.5, 0.6) is 0 Å². The van der Waals surface area contributed by atoms with Gasteiger partial charge in [0, 0.05) is 26.2 Å². The van der Waals surface area contributed by atoms with E-state index in [0.717, 1.165) is 32.6 Å². The predicted molar refractivity (Wildman–Crippen MR) is 40.7 cm³/mol. The van der Waals surface area contributed by atoms with Gasteiger partial charge in [-0.25, -0.2) is 0 Å². The van der Waals surface area contributed by atoms with Crippen molar-refractivity contribution in [3.8, 4) is 0 Å². The smallest absolute Gasteiger partial charge is 0.0471 e. The zero-order valence-electron chi connectivity index (χ0n) is 6.29. The fourth-order valence-electron chi connectivity index (χ4n) is 1.45. The first-order valence-electron chi connectivity index (χ1n) is 3.90. The lowest BCUT2D eigenvalue weighted by atomic mass is 10.1. The average molecular weight is 144 g/mol. The molecule has 1 heterocycles. The van der Waals surface area contributed by atoms with Crippen molar-refractivity contribution < 1.29 is 5.11 Å². The molecule has 3 nitrogen and oxygen atoms in total. The summed E-state index contributed by atoms with van der Waals surface area (Å²) >= 11 is 0. The monoisotopic (exact) mass is 144 g/mol. The van der Waals surface area contributed by atoms with Gasteiger partial charge in [-0.1, -0.05) is 0 Å². The highest BCUT2D eigenvalue weighted by molar-refractivity contribution is 4.74. The van der Waals surface area contributed by atoms with Gasteiger partial charge in [-0.3, -0.25) is 0 Å². The number of aliphatic hydroxyl groups excluding tert-OH is 1. The van der Waals surface area contributed by atoms with Crippen LogP contribution in [0, 0.1) is 5.92 Å². The first kappa shape index (κ1) is 7.98. The normalized spacial score (nSPS) is 27.6. The summed E-state index contributed by atoms with van der Waals surface area (Å²) in [5, 5.41) is 8.79. The van der Waals surface area contributed by atoms with Crippen molar-refractivity contribution in [1.82, 2.24) is 4.90 Å². The van der Waals surface area contributed by atoms with E-state index in [1.54, 1.807) is 0 Å². The van der Waals surface area contributed by atoms with Crippen molar-refractivity contribution in [2.75, 3.05) is 32.8 Å². The van der Waals surface area contributed by atoms with E-state index in [4.69, 9.17) is 10.8 Å². The molecule has 1 aliphatic rings. The molecule has 1 saturated heterocycles. The van der Waals surface area contributed by atoms with Crippen LogP contribution in [0.2, 0.25) is 0 Å². The molecule has 0 aliphatic carbocycles.